The lowest BCUT2D eigenvalue weighted by atomic mass is 9.90. The fraction of sp³-hybridized carbons (Fsp3) is 0.933. The average Bonchev–Trinajstić information content (AvgIpc) is 2.44. The Morgan fingerprint density at radius 3 is 2.63 bits per heavy atom. The van der Waals surface area contributed by atoms with Gasteiger partial charge in [0, 0.05) is 12.6 Å². The van der Waals surface area contributed by atoms with Crippen molar-refractivity contribution in [3.05, 3.63) is 0 Å². The first-order valence-corrected chi connectivity index (χ1v) is 7.86. The fourth-order valence-corrected chi connectivity index (χ4v) is 2.82. The van der Waals surface area contributed by atoms with Crippen molar-refractivity contribution in [1.29, 1.82) is 0 Å². The van der Waals surface area contributed by atoms with E-state index >= 15 is 0 Å². The number of amides is 1. The Hall–Kier alpha value is -0.610. The number of hydrogen-bond donors (Lipinski definition) is 2. The summed E-state index contributed by atoms with van der Waals surface area (Å²) in [7, 11) is 0. The van der Waals surface area contributed by atoms with Crippen LogP contribution in [-0.2, 0) is 4.79 Å². The molecule has 1 rings (SSSR count). The zero-order chi connectivity index (χ0) is 14.3. The maximum Gasteiger partial charge on any atom is 0.237 e. The molecule has 1 heterocycles. The third-order valence-electron chi connectivity index (χ3n) is 4.22. The molecule has 1 saturated heterocycles. The Labute approximate surface area is 118 Å². The van der Waals surface area contributed by atoms with Crippen LogP contribution in [0.1, 0.15) is 47.0 Å². The maximum atomic E-state index is 12.2. The van der Waals surface area contributed by atoms with Gasteiger partial charge in [-0.15, -0.1) is 0 Å². The third-order valence-corrected chi connectivity index (χ3v) is 4.22. The summed E-state index contributed by atoms with van der Waals surface area (Å²) in [6, 6.07) is 0.231. The first-order chi connectivity index (χ1) is 9.10. The smallest absolute Gasteiger partial charge is 0.237 e. The van der Waals surface area contributed by atoms with Crippen LogP contribution in [0.5, 0.6) is 0 Å². The Morgan fingerprint density at radius 2 is 2.05 bits per heavy atom. The molecule has 1 amide bonds. The number of carbonyl (C=O) groups is 1. The molecular weight excluding hydrogens is 238 g/mol. The van der Waals surface area contributed by atoms with E-state index in [1.165, 1.54) is 12.8 Å². The van der Waals surface area contributed by atoms with E-state index in [0.717, 1.165) is 32.6 Å². The van der Waals surface area contributed by atoms with Crippen LogP contribution in [0.25, 0.3) is 0 Å². The van der Waals surface area contributed by atoms with Crippen molar-refractivity contribution in [1.82, 2.24) is 15.5 Å². The molecule has 0 bridgehead atoms. The second-order valence-electron chi connectivity index (χ2n) is 5.70. The lowest BCUT2D eigenvalue weighted by molar-refractivity contribution is -0.124. The molecule has 0 radical (unpaired) electrons. The van der Waals surface area contributed by atoms with Crippen LogP contribution in [0, 0.1) is 5.92 Å². The van der Waals surface area contributed by atoms with Gasteiger partial charge in [-0.25, -0.2) is 0 Å². The standard InChI is InChI=1S/C15H31N3O/c1-5-13-8-9-16-14(10-13)15(19)17-12(4)11-18(6-2)7-3/h12-14,16H,5-11H2,1-4H3,(H,17,19). The van der Waals surface area contributed by atoms with E-state index in [1.807, 2.05) is 0 Å². The summed E-state index contributed by atoms with van der Waals surface area (Å²) >= 11 is 0. The van der Waals surface area contributed by atoms with Crippen LogP contribution in [0.15, 0.2) is 0 Å². The number of carbonyl (C=O) groups excluding carboxylic acids is 1. The van der Waals surface area contributed by atoms with E-state index in [1.54, 1.807) is 0 Å². The monoisotopic (exact) mass is 269 g/mol. The molecule has 112 valence electrons. The first kappa shape index (κ1) is 16.4. The van der Waals surface area contributed by atoms with E-state index in [-0.39, 0.29) is 18.0 Å². The molecule has 0 aromatic carbocycles. The Morgan fingerprint density at radius 1 is 1.37 bits per heavy atom. The second-order valence-corrected chi connectivity index (χ2v) is 5.70. The van der Waals surface area contributed by atoms with Gasteiger partial charge in [-0.1, -0.05) is 27.2 Å². The topological polar surface area (TPSA) is 44.4 Å². The Balaban J connectivity index is 2.36. The van der Waals surface area contributed by atoms with Gasteiger partial charge < -0.3 is 15.5 Å². The molecule has 0 aromatic rings. The minimum Gasteiger partial charge on any atom is -0.351 e. The summed E-state index contributed by atoms with van der Waals surface area (Å²) in [5.74, 6) is 0.882. The molecule has 3 atom stereocenters. The molecule has 19 heavy (non-hydrogen) atoms. The van der Waals surface area contributed by atoms with Crippen molar-refractivity contribution in [2.75, 3.05) is 26.2 Å². The molecule has 3 unspecified atom stereocenters. The first-order valence-electron chi connectivity index (χ1n) is 7.86. The van der Waals surface area contributed by atoms with Crippen molar-refractivity contribution in [3.63, 3.8) is 0 Å². The molecule has 2 N–H and O–H groups in total. The molecule has 0 saturated carbocycles. The van der Waals surface area contributed by atoms with Gasteiger partial charge in [0.05, 0.1) is 6.04 Å². The second kappa shape index (κ2) is 8.54. The van der Waals surface area contributed by atoms with Crippen molar-refractivity contribution in [2.45, 2.75) is 59.0 Å². The highest BCUT2D eigenvalue weighted by atomic mass is 16.2. The molecule has 4 heteroatoms. The summed E-state index contributed by atoms with van der Waals surface area (Å²) in [6.07, 6.45) is 3.37. The number of rotatable bonds is 7. The highest BCUT2D eigenvalue weighted by molar-refractivity contribution is 5.82. The molecule has 1 aliphatic heterocycles. The SMILES string of the molecule is CCC1CCNC(C(=O)NC(C)CN(CC)CC)C1. The molecule has 1 aliphatic rings. The summed E-state index contributed by atoms with van der Waals surface area (Å²) in [4.78, 5) is 14.6. The van der Waals surface area contributed by atoms with E-state index < -0.39 is 0 Å². The van der Waals surface area contributed by atoms with Gasteiger partial charge >= 0.3 is 0 Å². The highest BCUT2D eigenvalue weighted by Crippen LogP contribution is 2.19. The van der Waals surface area contributed by atoms with Crippen molar-refractivity contribution >= 4 is 5.91 Å². The minimum atomic E-state index is 0.0119. The third kappa shape index (κ3) is 5.49. The molecular formula is C15H31N3O. The summed E-state index contributed by atoms with van der Waals surface area (Å²) < 4.78 is 0. The Kier molecular flexibility index (Phi) is 7.39. The summed E-state index contributed by atoms with van der Waals surface area (Å²) in [6.45, 7) is 12.6. The highest BCUT2D eigenvalue weighted by Gasteiger charge is 2.26. The molecule has 1 fully saturated rings. The quantitative estimate of drug-likeness (QED) is 0.738. The van der Waals surface area contributed by atoms with Crippen molar-refractivity contribution < 1.29 is 4.79 Å². The minimum absolute atomic E-state index is 0.0119. The van der Waals surface area contributed by atoms with Gasteiger partial charge in [-0.2, -0.15) is 0 Å². The number of likely N-dealkylation sites (N-methyl/N-ethyl adjacent to an activating group) is 1. The normalized spacial score (nSPS) is 25.3. The van der Waals surface area contributed by atoms with E-state index in [9.17, 15) is 4.79 Å². The number of nitrogens with zero attached hydrogens (tertiary/aromatic N) is 1. The van der Waals surface area contributed by atoms with Gasteiger partial charge in [-0.3, -0.25) is 4.79 Å². The van der Waals surface area contributed by atoms with E-state index in [2.05, 4.69) is 43.2 Å². The molecule has 0 spiro atoms. The predicted molar refractivity (Wildman–Crippen MR) is 80.2 cm³/mol. The molecule has 0 aliphatic carbocycles. The molecule has 0 aromatic heterocycles. The number of piperidine rings is 1. The number of nitrogens with one attached hydrogen (secondary N) is 2. The van der Waals surface area contributed by atoms with Gasteiger partial charge in [0.1, 0.15) is 0 Å². The van der Waals surface area contributed by atoms with Gasteiger partial charge in [0.25, 0.3) is 0 Å². The maximum absolute atomic E-state index is 12.2. The fourth-order valence-electron chi connectivity index (χ4n) is 2.82. The zero-order valence-corrected chi connectivity index (χ0v) is 13.0. The van der Waals surface area contributed by atoms with E-state index in [0.29, 0.717) is 5.92 Å². The Bertz CT molecular complexity index is 266. The lowest BCUT2D eigenvalue weighted by Crippen LogP contribution is -2.52. The predicted octanol–water partition coefficient (Wildman–Crippen LogP) is 1.61. The number of hydrogen-bond acceptors (Lipinski definition) is 3. The van der Waals surface area contributed by atoms with Crippen LogP contribution in [0.4, 0.5) is 0 Å². The summed E-state index contributed by atoms with van der Waals surface area (Å²) in [5, 5.41) is 6.49. The summed E-state index contributed by atoms with van der Waals surface area (Å²) in [5.41, 5.74) is 0. The van der Waals surface area contributed by atoms with Crippen LogP contribution in [-0.4, -0.2) is 49.1 Å². The van der Waals surface area contributed by atoms with Crippen LogP contribution in [0.2, 0.25) is 0 Å². The lowest BCUT2D eigenvalue weighted by Gasteiger charge is -2.30. The average molecular weight is 269 g/mol. The molecule has 4 nitrogen and oxygen atoms in total. The van der Waals surface area contributed by atoms with E-state index in [4.69, 9.17) is 0 Å². The van der Waals surface area contributed by atoms with Gasteiger partial charge in [0.2, 0.25) is 5.91 Å². The van der Waals surface area contributed by atoms with Gasteiger partial charge in [-0.05, 0) is 45.3 Å². The van der Waals surface area contributed by atoms with Crippen LogP contribution in [0.3, 0.4) is 0 Å². The van der Waals surface area contributed by atoms with Crippen molar-refractivity contribution in [3.8, 4) is 0 Å². The van der Waals surface area contributed by atoms with Crippen molar-refractivity contribution in [2.24, 2.45) is 5.92 Å². The van der Waals surface area contributed by atoms with Crippen LogP contribution >= 0.6 is 0 Å². The zero-order valence-electron chi connectivity index (χ0n) is 13.0. The van der Waals surface area contributed by atoms with Gasteiger partial charge in [0.15, 0.2) is 0 Å². The largest absolute Gasteiger partial charge is 0.351 e. The van der Waals surface area contributed by atoms with Crippen LogP contribution < -0.4 is 10.6 Å².